The number of anilines is 1. The Kier molecular flexibility index (Phi) is 4.15. The number of nitrogens with one attached hydrogen (secondary N) is 3. The summed E-state index contributed by atoms with van der Waals surface area (Å²) in [5.41, 5.74) is -0.296. The summed E-state index contributed by atoms with van der Waals surface area (Å²) in [6.45, 7) is 1.53. The third-order valence-corrected chi connectivity index (χ3v) is 5.62. The van der Waals surface area contributed by atoms with Crippen LogP contribution in [0.4, 0.5) is 10.7 Å². The van der Waals surface area contributed by atoms with E-state index in [2.05, 4.69) is 30.7 Å². The summed E-state index contributed by atoms with van der Waals surface area (Å²) in [6, 6.07) is 0.273. The molecule has 2 rings (SSSR count). The van der Waals surface area contributed by atoms with Gasteiger partial charge in [-0.1, -0.05) is 16.6 Å². The number of hydrogen-bond acceptors (Lipinski definition) is 9. The third kappa shape index (κ3) is 3.14. The molecule has 0 saturated carbocycles. The zero-order chi connectivity index (χ0) is 15.6. The number of hydrogen-bond donors (Lipinski definition) is 3. The molecule has 0 saturated heterocycles. The lowest BCUT2D eigenvalue weighted by Crippen LogP contribution is -2.27. The molecule has 0 radical (unpaired) electrons. The molecule has 0 spiro atoms. The molecule has 0 amide bonds. The molecule has 0 aliphatic carbocycles. The van der Waals surface area contributed by atoms with Crippen LogP contribution in [-0.4, -0.2) is 41.0 Å². The second-order valence-corrected chi connectivity index (χ2v) is 6.89. The molecule has 0 bridgehead atoms. The lowest BCUT2D eigenvalue weighted by atomic mass is 10.4. The van der Waals surface area contributed by atoms with E-state index in [0.717, 1.165) is 17.4 Å². The Morgan fingerprint density at radius 3 is 2.71 bits per heavy atom. The van der Waals surface area contributed by atoms with Crippen molar-refractivity contribution in [1.82, 2.24) is 25.3 Å². The normalized spacial score (nSPS) is 13.0. The van der Waals surface area contributed by atoms with Crippen LogP contribution >= 0.6 is 11.3 Å². The zero-order valence-electron chi connectivity index (χ0n) is 10.9. The highest BCUT2D eigenvalue weighted by Crippen LogP contribution is 2.36. The summed E-state index contributed by atoms with van der Waals surface area (Å²) < 4.78 is 26.6. The first-order valence-corrected chi connectivity index (χ1v) is 7.86. The molecule has 0 fully saturated rings. The SMILES string of the molecule is CNc1sc(S(=O)(=O)NC(C)c2nn[nH]n2)cc1[N+](=O)[O-]. The maximum Gasteiger partial charge on any atom is 0.304 e. The van der Waals surface area contributed by atoms with Crippen molar-refractivity contribution >= 4 is 32.0 Å². The molecule has 3 N–H and O–H groups in total. The van der Waals surface area contributed by atoms with Crippen LogP contribution < -0.4 is 10.0 Å². The number of nitro groups is 1. The monoisotopic (exact) mass is 333 g/mol. The lowest BCUT2D eigenvalue weighted by molar-refractivity contribution is -0.383. The Hall–Kier alpha value is -2.12. The second-order valence-electron chi connectivity index (χ2n) is 3.90. The third-order valence-electron chi connectivity index (χ3n) is 2.46. The number of thiophene rings is 1. The molecular formula is C8H11N7O4S2. The Balaban J connectivity index is 2.29. The highest BCUT2D eigenvalue weighted by atomic mass is 32.2. The molecule has 2 heterocycles. The van der Waals surface area contributed by atoms with Gasteiger partial charge < -0.3 is 5.32 Å². The van der Waals surface area contributed by atoms with Crippen LogP contribution in [0.15, 0.2) is 10.3 Å². The fourth-order valence-electron chi connectivity index (χ4n) is 1.50. The molecule has 2 aromatic rings. The zero-order valence-corrected chi connectivity index (χ0v) is 12.5. The van der Waals surface area contributed by atoms with E-state index in [-0.39, 0.29) is 20.7 Å². The first-order valence-electron chi connectivity index (χ1n) is 5.57. The van der Waals surface area contributed by atoms with Crippen LogP contribution in [0, 0.1) is 10.1 Å². The van der Waals surface area contributed by atoms with Crippen molar-refractivity contribution in [2.45, 2.75) is 17.2 Å². The first-order chi connectivity index (χ1) is 9.85. The van der Waals surface area contributed by atoms with Crippen molar-refractivity contribution in [2.75, 3.05) is 12.4 Å². The number of nitrogens with zero attached hydrogens (tertiary/aromatic N) is 4. The van der Waals surface area contributed by atoms with Gasteiger partial charge in [0, 0.05) is 13.1 Å². The molecule has 0 aliphatic heterocycles. The molecule has 1 atom stereocenters. The largest absolute Gasteiger partial charge is 0.374 e. The van der Waals surface area contributed by atoms with Gasteiger partial charge in [0.2, 0.25) is 0 Å². The number of tetrazole rings is 1. The van der Waals surface area contributed by atoms with Gasteiger partial charge in [-0.3, -0.25) is 10.1 Å². The molecule has 1 unspecified atom stereocenters. The molecule has 0 aromatic carbocycles. The van der Waals surface area contributed by atoms with Gasteiger partial charge in [-0.05, 0) is 6.92 Å². The lowest BCUT2D eigenvalue weighted by Gasteiger charge is -2.08. The summed E-state index contributed by atoms with van der Waals surface area (Å²) in [7, 11) is -2.45. The number of rotatable bonds is 6. The maximum atomic E-state index is 12.2. The Morgan fingerprint density at radius 1 is 1.52 bits per heavy atom. The maximum absolute atomic E-state index is 12.2. The van der Waals surface area contributed by atoms with E-state index in [1.807, 2.05) is 0 Å². The van der Waals surface area contributed by atoms with Gasteiger partial charge in [0.15, 0.2) is 10.8 Å². The van der Waals surface area contributed by atoms with Gasteiger partial charge in [0.1, 0.15) is 4.21 Å². The number of H-pyrrole nitrogens is 1. The number of aromatic amines is 1. The van der Waals surface area contributed by atoms with Gasteiger partial charge in [0.25, 0.3) is 10.0 Å². The van der Waals surface area contributed by atoms with E-state index in [4.69, 9.17) is 0 Å². The van der Waals surface area contributed by atoms with E-state index >= 15 is 0 Å². The van der Waals surface area contributed by atoms with Crippen LogP contribution in [-0.2, 0) is 10.0 Å². The van der Waals surface area contributed by atoms with Crippen molar-refractivity contribution in [2.24, 2.45) is 0 Å². The quantitative estimate of drug-likeness (QED) is 0.501. The molecule has 0 aliphatic rings. The molecule has 114 valence electrons. The van der Waals surface area contributed by atoms with Gasteiger partial charge in [-0.15, -0.1) is 10.2 Å². The summed E-state index contributed by atoms with van der Waals surface area (Å²) in [5, 5.41) is 26.5. The Bertz CT molecular complexity index is 739. The van der Waals surface area contributed by atoms with Crippen LogP contribution in [0.2, 0.25) is 0 Å². The van der Waals surface area contributed by atoms with Crippen LogP contribution in [0.5, 0.6) is 0 Å². The van der Waals surface area contributed by atoms with E-state index in [1.165, 1.54) is 14.0 Å². The van der Waals surface area contributed by atoms with Crippen LogP contribution in [0.3, 0.4) is 0 Å². The first kappa shape index (κ1) is 15.3. The highest BCUT2D eigenvalue weighted by Gasteiger charge is 2.27. The predicted octanol–water partition coefficient (Wildman–Crippen LogP) is 0.251. The Labute approximate surface area is 123 Å². The summed E-state index contributed by atoms with van der Waals surface area (Å²) in [4.78, 5) is 10.2. The molecule has 13 heteroatoms. The van der Waals surface area contributed by atoms with Gasteiger partial charge in [-0.2, -0.15) is 9.94 Å². The standard InChI is InChI=1S/C8H11N7O4S2/c1-4(7-10-13-14-11-7)12-21(18,19)6-3-5(15(16)17)8(9-2)20-6/h3-4,9,12H,1-2H3,(H,10,11,13,14). The minimum Gasteiger partial charge on any atom is -0.374 e. The summed E-state index contributed by atoms with van der Waals surface area (Å²) >= 11 is 0.767. The fourth-order valence-corrected chi connectivity index (χ4v) is 4.00. The van der Waals surface area contributed by atoms with Crippen molar-refractivity contribution in [3.63, 3.8) is 0 Å². The van der Waals surface area contributed by atoms with Gasteiger partial charge in [-0.25, -0.2) is 8.42 Å². The van der Waals surface area contributed by atoms with E-state index in [9.17, 15) is 18.5 Å². The van der Waals surface area contributed by atoms with Crippen molar-refractivity contribution in [3.8, 4) is 0 Å². The smallest absolute Gasteiger partial charge is 0.304 e. The second kappa shape index (κ2) is 5.71. The molecule has 21 heavy (non-hydrogen) atoms. The number of aromatic nitrogens is 4. The minimum atomic E-state index is -3.93. The van der Waals surface area contributed by atoms with Gasteiger partial charge in [0.05, 0.1) is 11.0 Å². The summed E-state index contributed by atoms with van der Waals surface area (Å²) in [5.74, 6) is 0.165. The van der Waals surface area contributed by atoms with Crippen LogP contribution in [0.25, 0.3) is 0 Å². The topological polar surface area (TPSA) is 156 Å². The van der Waals surface area contributed by atoms with E-state index in [1.54, 1.807) is 0 Å². The number of sulfonamides is 1. The van der Waals surface area contributed by atoms with E-state index in [0.29, 0.717) is 0 Å². The predicted molar refractivity (Wildman–Crippen MR) is 73.4 cm³/mol. The van der Waals surface area contributed by atoms with Crippen LogP contribution in [0.1, 0.15) is 18.8 Å². The Morgan fingerprint density at radius 2 is 2.24 bits per heavy atom. The highest BCUT2D eigenvalue weighted by molar-refractivity contribution is 7.91. The van der Waals surface area contributed by atoms with Crippen molar-refractivity contribution in [3.05, 3.63) is 22.0 Å². The average Bonchev–Trinajstić information content (AvgIpc) is 3.07. The molecule has 11 nitrogen and oxygen atoms in total. The van der Waals surface area contributed by atoms with E-state index < -0.39 is 21.0 Å². The fraction of sp³-hybridized carbons (Fsp3) is 0.375. The van der Waals surface area contributed by atoms with Gasteiger partial charge >= 0.3 is 5.69 Å². The minimum absolute atomic E-state index is 0.160. The summed E-state index contributed by atoms with van der Waals surface area (Å²) in [6.07, 6.45) is 0. The van der Waals surface area contributed by atoms with Crippen molar-refractivity contribution < 1.29 is 13.3 Å². The average molecular weight is 333 g/mol. The molecular weight excluding hydrogens is 322 g/mol. The van der Waals surface area contributed by atoms with Crippen molar-refractivity contribution in [1.29, 1.82) is 0 Å². The molecule has 2 aromatic heterocycles.